The van der Waals surface area contributed by atoms with Gasteiger partial charge < -0.3 is 4.98 Å². The smallest absolute Gasteiger partial charge is 0.265 e. The van der Waals surface area contributed by atoms with E-state index < -0.39 is 0 Å². The van der Waals surface area contributed by atoms with E-state index >= 15 is 0 Å². The molecule has 2 heterocycles. The molecule has 0 aliphatic carbocycles. The molecule has 0 unspecified atom stereocenters. The molecule has 3 aromatic rings. The number of pyridine rings is 1. The highest BCUT2D eigenvalue weighted by atomic mass is 127. The van der Waals surface area contributed by atoms with E-state index in [0.717, 1.165) is 16.7 Å². The predicted molar refractivity (Wildman–Crippen MR) is 91.0 cm³/mol. The first-order valence-corrected chi connectivity index (χ1v) is 7.51. The minimum Gasteiger partial charge on any atom is -0.306 e. The maximum absolute atomic E-state index is 12.2. The third kappa shape index (κ3) is 2.73. The van der Waals surface area contributed by atoms with Gasteiger partial charge in [0.25, 0.3) is 5.56 Å². The van der Waals surface area contributed by atoms with E-state index in [-0.39, 0.29) is 5.56 Å². The molecule has 0 fully saturated rings. The lowest BCUT2D eigenvalue weighted by molar-refractivity contribution is 1.10. The quantitative estimate of drug-likeness (QED) is 0.684. The van der Waals surface area contributed by atoms with Crippen LogP contribution in [0, 0.1) is 10.5 Å². The van der Waals surface area contributed by atoms with Gasteiger partial charge in [0, 0.05) is 23.5 Å². The van der Waals surface area contributed by atoms with E-state index in [1.165, 1.54) is 0 Å². The minimum atomic E-state index is -0.129. The molecule has 0 amide bonds. The Hall–Kier alpha value is -2.02. The molecule has 5 heteroatoms. The molecule has 3 rings (SSSR count). The highest BCUT2D eigenvalue weighted by molar-refractivity contribution is 14.1. The van der Waals surface area contributed by atoms with Crippen LogP contribution in [0.25, 0.3) is 22.6 Å². The second kappa shape index (κ2) is 5.77. The molecule has 0 bridgehead atoms. The van der Waals surface area contributed by atoms with Gasteiger partial charge in [0.05, 0.1) is 5.69 Å². The predicted octanol–water partition coefficient (Wildman–Crippen LogP) is 3.41. The van der Waals surface area contributed by atoms with Crippen LogP contribution in [0.1, 0.15) is 5.56 Å². The Kier molecular flexibility index (Phi) is 3.83. The third-order valence-electron chi connectivity index (χ3n) is 3.19. The van der Waals surface area contributed by atoms with Gasteiger partial charge in [-0.3, -0.25) is 9.78 Å². The Morgan fingerprint density at radius 2 is 1.90 bits per heavy atom. The molecule has 0 aliphatic rings. The molecule has 21 heavy (non-hydrogen) atoms. The van der Waals surface area contributed by atoms with Crippen LogP contribution in [0.3, 0.4) is 0 Å². The number of benzene rings is 1. The monoisotopic (exact) mass is 389 g/mol. The van der Waals surface area contributed by atoms with Gasteiger partial charge in [-0.05, 0) is 41.1 Å². The van der Waals surface area contributed by atoms with Crippen LogP contribution in [0.2, 0.25) is 0 Å². The first kappa shape index (κ1) is 13.9. The number of halogens is 1. The lowest BCUT2D eigenvalue weighted by atomic mass is 10.1. The van der Waals surface area contributed by atoms with Gasteiger partial charge in [0.15, 0.2) is 0 Å². The van der Waals surface area contributed by atoms with Crippen LogP contribution in [0.4, 0.5) is 0 Å². The summed E-state index contributed by atoms with van der Waals surface area (Å²) in [6.45, 7) is 1.95. The fraction of sp³-hybridized carbons (Fsp3) is 0.0625. The summed E-state index contributed by atoms with van der Waals surface area (Å²) in [6.07, 6.45) is 3.46. The average molecular weight is 389 g/mol. The second-order valence-corrected chi connectivity index (χ2v) is 5.71. The fourth-order valence-corrected chi connectivity index (χ4v) is 2.68. The third-order valence-corrected chi connectivity index (χ3v) is 4.19. The van der Waals surface area contributed by atoms with Crippen molar-refractivity contribution in [2.75, 3.05) is 0 Å². The van der Waals surface area contributed by atoms with E-state index in [1.54, 1.807) is 12.4 Å². The first-order valence-electron chi connectivity index (χ1n) is 6.43. The molecule has 0 atom stereocenters. The molecule has 104 valence electrons. The number of rotatable bonds is 2. The number of hydrogen-bond donors (Lipinski definition) is 1. The molecule has 0 aliphatic heterocycles. The Morgan fingerprint density at radius 3 is 2.62 bits per heavy atom. The molecular formula is C16H12IN3O. The van der Waals surface area contributed by atoms with Crippen LogP contribution < -0.4 is 5.56 Å². The lowest BCUT2D eigenvalue weighted by Crippen LogP contribution is -2.14. The van der Waals surface area contributed by atoms with Crippen LogP contribution in [0.5, 0.6) is 0 Å². The van der Waals surface area contributed by atoms with Crippen molar-refractivity contribution in [2.24, 2.45) is 0 Å². The number of hydrogen-bond acceptors (Lipinski definition) is 3. The Labute approximate surface area is 135 Å². The SMILES string of the molecule is Cc1cnccc1-c1nc(-c2ccccc2)c(I)c(=O)[nH]1. The number of aromatic nitrogens is 3. The molecule has 0 spiro atoms. The largest absolute Gasteiger partial charge is 0.306 e. The van der Waals surface area contributed by atoms with E-state index in [2.05, 4.69) is 15.0 Å². The molecule has 4 nitrogen and oxygen atoms in total. The summed E-state index contributed by atoms with van der Waals surface area (Å²) in [7, 11) is 0. The van der Waals surface area contributed by atoms with Crippen molar-refractivity contribution in [1.82, 2.24) is 15.0 Å². The molecule has 0 radical (unpaired) electrons. The van der Waals surface area contributed by atoms with Crippen molar-refractivity contribution in [3.05, 3.63) is 68.3 Å². The summed E-state index contributed by atoms with van der Waals surface area (Å²) >= 11 is 2.03. The highest BCUT2D eigenvalue weighted by Crippen LogP contribution is 2.24. The number of H-pyrrole nitrogens is 1. The summed E-state index contributed by atoms with van der Waals surface area (Å²) < 4.78 is 0.592. The number of aryl methyl sites for hydroxylation is 1. The van der Waals surface area contributed by atoms with Gasteiger partial charge in [-0.2, -0.15) is 0 Å². The van der Waals surface area contributed by atoms with Gasteiger partial charge in [-0.1, -0.05) is 30.3 Å². The zero-order chi connectivity index (χ0) is 14.8. The zero-order valence-corrected chi connectivity index (χ0v) is 13.5. The first-order chi connectivity index (χ1) is 10.2. The Balaban J connectivity index is 2.24. The van der Waals surface area contributed by atoms with E-state index in [4.69, 9.17) is 0 Å². The van der Waals surface area contributed by atoms with Crippen LogP contribution >= 0.6 is 22.6 Å². The maximum Gasteiger partial charge on any atom is 0.265 e. The standard InChI is InChI=1S/C16H12IN3O/c1-10-9-18-8-7-12(10)15-19-14(13(17)16(21)20-15)11-5-3-2-4-6-11/h2-9H,1H3,(H,19,20,21). The van der Waals surface area contributed by atoms with Gasteiger partial charge in [0.2, 0.25) is 0 Å². The second-order valence-electron chi connectivity index (χ2n) is 4.63. The summed E-state index contributed by atoms with van der Waals surface area (Å²) in [5.41, 5.74) is 3.36. The van der Waals surface area contributed by atoms with Crippen molar-refractivity contribution in [3.8, 4) is 22.6 Å². The van der Waals surface area contributed by atoms with Crippen LogP contribution in [-0.2, 0) is 0 Å². The summed E-state index contributed by atoms with van der Waals surface area (Å²) in [5.74, 6) is 0.569. The number of aromatic amines is 1. The van der Waals surface area contributed by atoms with Gasteiger partial charge >= 0.3 is 0 Å². The summed E-state index contributed by atoms with van der Waals surface area (Å²) in [4.78, 5) is 23.8. The Bertz CT molecular complexity index is 844. The molecular weight excluding hydrogens is 377 g/mol. The lowest BCUT2D eigenvalue weighted by Gasteiger charge is -2.08. The molecule has 1 aromatic carbocycles. The van der Waals surface area contributed by atoms with Crippen molar-refractivity contribution >= 4 is 22.6 Å². The van der Waals surface area contributed by atoms with Crippen molar-refractivity contribution in [2.45, 2.75) is 6.92 Å². The van der Waals surface area contributed by atoms with Gasteiger partial charge in [-0.25, -0.2) is 4.98 Å². The topological polar surface area (TPSA) is 58.6 Å². The Morgan fingerprint density at radius 1 is 1.14 bits per heavy atom. The normalized spacial score (nSPS) is 10.6. The number of nitrogens with zero attached hydrogens (tertiary/aromatic N) is 2. The summed E-state index contributed by atoms with van der Waals surface area (Å²) in [5, 5.41) is 0. The molecule has 0 saturated heterocycles. The highest BCUT2D eigenvalue weighted by Gasteiger charge is 2.13. The molecule has 0 saturated carbocycles. The summed E-state index contributed by atoms with van der Waals surface area (Å²) in [6, 6.07) is 11.6. The minimum absolute atomic E-state index is 0.129. The van der Waals surface area contributed by atoms with Gasteiger partial charge in [0.1, 0.15) is 9.39 Å². The van der Waals surface area contributed by atoms with Crippen molar-refractivity contribution < 1.29 is 0 Å². The van der Waals surface area contributed by atoms with E-state index in [9.17, 15) is 4.79 Å². The maximum atomic E-state index is 12.2. The van der Waals surface area contributed by atoms with Crippen molar-refractivity contribution in [1.29, 1.82) is 0 Å². The molecule has 1 N–H and O–H groups in total. The average Bonchev–Trinajstić information content (AvgIpc) is 2.51. The van der Waals surface area contributed by atoms with Crippen LogP contribution in [-0.4, -0.2) is 15.0 Å². The van der Waals surface area contributed by atoms with E-state index in [0.29, 0.717) is 15.1 Å². The fourth-order valence-electron chi connectivity index (χ4n) is 2.11. The van der Waals surface area contributed by atoms with E-state index in [1.807, 2.05) is 65.9 Å². The molecule has 2 aromatic heterocycles. The van der Waals surface area contributed by atoms with Gasteiger partial charge in [-0.15, -0.1) is 0 Å². The zero-order valence-electron chi connectivity index (χ0n) is 11.3. The van der Waals surface area contributed by atoms with Crippen LogP contribution in [0.15, 0.2) is 53.6 Å². The van der Waals surface area contributed by atoms with Crippen molar-refractivity contribution in [3.63, 3.8) is 0 Å². The number of nitrogens with one attached hydrogen (secondary N) is 1.